The Balaban J connectivity index is 1.68. The van der Waals surface area contributed by atoms with Crippen LogP contribution in [-0.4, -0.2) is 56.1 Å². The number of nitrogens with one attached hydrogen (secondary N) is 2. The van der Waals surface area contributed by atoms with E-state index in [4.69, 9.17) is 0 Å². The van der Waals surface area contributed by atoms with Gasteiger partial charge in [-0.2, -0.15) is 0 Å². The molecule has 2 N–H and O–H groups in total. The lowest BCUT2D eigenvalue weighted by atomic mass is 9.97. The Labute approximate surface area is 166 Å². The number of benzene rings is 1. The highest BCUT2D eigenvalue weighted by atomic mass is 32.2. The molecule has 28 heavy (non-hydrogen) atoms. The smallest absolute Gasteiger partial charge is 0.240 e. The van der Waals surface area contributed by atoms with E-state index in [0.29, 0.717) is 13.0 Å². The fraction of sp³-hybridized carbons (Fsp3) is 0.600. The van der Waals surface area contributed by atoms with Crippen molar-refractivity contribution in [2.24, 2.45) is 0 Å². The minimum Gasteiger partial charge on any atom is -0.347 e. The van der Waals surface area contributed by atoms with Crippen molar-refractivity contribution >= 4 is 21.8 Å². The van der Waals surface area contributed by atoms with Gasteiger partial charge in [0.1, 0.15) is 6.04 Å². The molecule has 3 rings (SSSR count). The van der Waals surface area contributed by atoms with Crippen LogP contribution in [0.4, 0.5) is 0 Å². The minimum absolute atomic E-state index is 0.0287. The topological polar surface area (TPSA) is 95.6 Å². The Morgan fingerprint density at radius 1 is 1.25 bits per heavy atom. The number of hydrogen-bond donors (Lipinski definition) is 2. The molecule has 0 aromatic heterocycles. The number of carbonyl (C=O) groups excluding carboxylic acids is 2. The van der Waals surface area contributed by atoms with E-state index in [1.807, 2.05) is 30.3 Å². The number of amides is 2. The van der Waals surface area contributed by atoms with E-state index in [2.05, 4.69) is 10.0 Å². The lowest BCUT2D eigenvalue weighted by Crippen LogP contribution is -2.54. The van der Waals surface area contributed by atoms with Gasteiger partial charge in [0.05, 0.1) is 11.8 Å². The number of aryl methyl sites for hydroxylation is 1. The van der Waals surface area contributed by atoms with Crippen LogP contribution in [-0.2, 0) is 26.0 Å². The van der Waals surface area contributed by atoms with Crippen LogP contribution >= 0.6 is 0 Å². The van der Waals surface area contributed by atoms with E-state index in [9.17, 15) is 18.0 Å². The van der Waals surface area contributed by atoms with Crippen LogP contribution in [0.1, 0.15) is 44.1 Å². The zero-order chi connectivity index (χ0) is 20.2. The van der Waals surface area contributed by atoms with Gasteiger partial charge in [0.25, 0.3) is 0 Å². The molecule has 1 aromatic carbocycles. The Morgan fingerprint density at radius 3 is 2.57 bits per heavy atom. The molecule has 1 heterocycles. The second kappa shape index (κ2) is 8.61. The number of rotatable bonds is 6. The standard InChI is InChI=1S/C20H29N3O4S/c1-28(26,27)22-17-14-23(15-20(21-19(17)25)12-5-6-13-20)18(24)11-7-10-16-8-3-2-4-9-16/h2-4,8-9,17,22H,5-7,10-15H2,1H3,(H,21,25). The minimum atomic E-state index is -3.56. The third-order valence-electron chi connectivity index (χ3n) is 5.57. The zero-order valence-corrected chi connectivity index (χ0v) is 17.1. The van der Waals surface area contributed by atoms with Gasteiger partial charge in [-0.3, -0.25) is 9.59 Å². The maximum atomic E-state index is 12.9. The van der Waals surface area contributed by atoms with E-state index in [0.717, 1.165) is 44.8 Å². The Bertz CT molecular complexity index is 804. The molecule has 2 fully saturated rings. The van der Waals surface area contributed by atoms with Crippen LogP contribution in [0, 0.1) is 0 Å². The molecule has 7 nitrogen and oxygen atoms in total. The van der Waals surface area contributed by atoms with Crippen LogP contribution in [0.15, 0.2) is 30.3 Å². The molecule has 1 aliphatic carbocycles. The van der Waals surface area contributed by atoms with Crippen LogP contribution in [0.2, 0.25) is 0 Å². The quantitative estimate of drug-likeness (QED) is 0.741. The third-order valence-corrected chi connectivity index (χ3v) is 6.28. The molecular formula is C20H29N3O4S. The lowest BCUT2D eigenvalue weighted by molar-refractivity contribution is -0.132. The molecule has 0 bridgehead atoms. The van der Waals surface area contributed by atoms with Crippen molar-refractivity contribution in [3.63, 3.8) is 0 Å². The second-order valence-corrected chi connectivity index (χ2v) is 9.81. The molecule has 1 spiro atoms. The van der Waals surface area contributed by atoms with Crippen molar-refractivity contribution in [3.05, 3.63) is 35.9 Å². The summed E-state index contributed by atoms with van der Waals surface area (Å²) in [5, 5.41) is 3.03. The summed E-state index contributed by atoms with van der Waals surface area (Å²) in [5.41, 5.74) is 0.756. The highest BCUT2D eigenvalue weighted by Crippen LogP contribution is 2.32. The largest absolute Gasteiger partial charge is 0.347 e. The van der Waals surface area contributed by atoms with Gasteiger partial charge in [-0.1, -0.05) is 43.2 Å². The maximum absolute atomic E-state index is 12.9. The van der Waals surface area contributed by atoms with Crippen LogP contribution in [0.3, 0.4) is 0 Å². The summed E-state index contributed by atoms with van der Waals surface area (Å²) >= 11 is 0. The molecule has 1 aromatic rings. The van der Waals surface area contributed by atoms with Crippen LogP contribution in [0.5, 0.6) is 0 Å². The summed E-state index contributed by atoms with van der Waals surface area (Å²) in [7, 11) is -3.56. The number of sulfonamides is 1. The van der Waals surface area contributed by atoms with Crippen molar-refractivity contribution in [1.29, 1.82) is 0 Å². The van der Waals surface area contributed by atoms with E-state index in [-0.39, 0.29) is 18.4 Å². The van der Waals surface area contributed by atoms with Crippen molar-refractivity contribution < 1.29 is 18.0 Å². The number of hydrogen-bond acceptors (Lipinski definition) is 4. The predicted octanol–water partition coefficient (Wildman–Crippen LogP) is 1.20. The average molecular weight is 408 g/mol. The van der Waals surface area contributed by atoms with E-state index >= 15 is 0 Å². The Kier molecular flexibility index (Phi) is 6.40. The Morgan fingerprint density at radius 2 is 1.93 bits per heavy atom. The molecular weight excluding hydrogens is 378 g/mol. The van der Waals surface area contributed by atoms with Gasteiger partial charge >= 0.3 is 0 Å². The van der Waals surface area contributed by atoms with Crippen LogP contribution in [0.25, 0.3) is 0 Å². The van der Waals surface area contributed by atoms with Gasteiger partial charge in [-0.15, -0.1) is 0 Å². The van der Waals surface area contributed by atoms with Gasteiger partial charge in [-0.05, 0) is 31.2 Å². The first-order chi connectivity index (χ1) is 13.3. The second-order valence-electron chi connectivity index (χ2n) is 8.03. The van der Waals surface area contributed by atoms with Gasteiger partial charge < -0.3 is 10.2 Å². The third kappa shape index (κ3) is 5.54. The molecule has 1 saturated carbocycles. The molecule has 8 heteroatoms. The molecule has 1 saturated heterocycles. The molecule has 1 aliphatic heterocycles. The summed E-state index contributed by atoms with van der Waals surface area (Å²) in [4.78, 5) is 27.2. The van der Waals surface area contributed by atoms with Gasteiger partial charge in [0.2, 0.25) is 21.8 Å². The van der Waals surface area contributed by atoms with Gasteiger partial charge in [0, 0.05) is 19.5 Å². The zero-order valence-electron chi connectivity index (χ0n) is 16.3. The summed E-state index contributed by atoms with van der Waals surface area (Å²) < 4.78 is 25.7. The van der Waals surface area contributed by atoms with Crippen LogP contribution < -0.4 is 10.0 Å². The SMILES string of the molecule is CS(=O)(=O)NC1CN(C(=O)CCCc2ccccc2)CC2(CCCC2)NC1=O. The van der Waals surface area contributed by atoms with Crippen molar-refractivity contribution in [2.45, 2.75) is 56.5 Å². The summed E-state index contributed by atoms with van der Waals surface area (Å²) in [6.07, 6.45) is 6.58. The van der Waals surface area contributed by atoms with Crippen molar-refractivity contribution in [2.75, 3.05) is 19.3 Å². The molecule has 154 valence electrons. The van der Waals surface area contributed by atoms with Crippen molar-refractivity contribution in [1.82, 2.24) is 14.9 Å². The molecule has 1 atom stereocenters. The molecule has 2 aliphatic rings. The fourth-order valence-electron chi connectivity index (χ4n) is 4.24. The van der Waals surface area contributed by atoms with E-state index in [1.165, 1.54) is 5.56 Å². The molecule has 2 amide bonds. The normalized spacial score (nSPS) is 22.1. The number of nitrogens with zero attached hydrogens (tertiary/aromatic N) is 1. The maximum Gasteiger partial charge on any atom is 0.240 e. The molecule has 0 radical (unpaired) electrons. The highest BCUT2D eigenvalue weighted by Gasteiger charge is 2.43. The summed E-state index contributed by atoms with van der Waals surface area (Å²) in [5.74, 6) is -0.370. The fourth-order valence-corrected chi connectivity index (χ4v) is 4.94. The Hall–Kier alpha value is -1.93. The predicted molar refractivity (Wildman–Crippen MR) is 107 cm³/mol. The summed E-state index contributed by atoms with van der Waals surface area (Å²) in [6.45, 7) is 0.523. The summed E-state index contributed by atoms with van der Waals surface area (Å²) in [6, 6.07) is 9.06. The number of carbonyl (C=O) groups is 2. The van der Waals surface area contributed by atoms with E-state index < -0.39 is 21.6 Å². The van der Waals surface area contributed by atoms with Crippen molar-refractivity contribution in [3.8, 4) is 0 Å². The van der Waals surface area contributed by atoms with Gasteiger partial charge in [0.15, 0.2) is 0 Å². The molecule has 1 unspecified atom stereocenters. The lowest BCUT2D eigenvalue weighted by Gasteiger charge is -2.33. The van der Waals surface area contributed by atoms with Gasteiger partial charge in [-0.25, -0.2) is 13.1 Å². The first kappa shape index (κ1) is 20.8. The monoisotopic (exact) mass is 407 g/mol. The average Bonchev–Trinajstić information content (AvgIpc) is 3.02. The first-order valence-electron chi connectivity index (χ1n) is 9.87. The highest BCUT2D eigenvalue weighted by molar-refractivity contribution is 7.88. The first-order valence-corrected chi connectivity index (χ1v) is 11.8. The van der Waals surface area contributed by atoms with E-state index in [1.54, 1.807) is 4.90 Å².